The van der Waals surface area contributed by atoms with Gasteiger partial charge in [0.1, 0.15) is 0 Å². The summed E-state index contributed by atoms with van der Waals surface area (Å²) < 4.78 is 0. The maximum Gasteiger partial charge on any atom is 0.317 e. The van der Waals surface area contributed by atoms with E-state index in [1.54, 1.807) is 0 Å². The van der Waals surface area contributed by atoms with Gasteiger partial charge in [0.25, 0.3) is 0 Å². The van der Waals surface area contributed by atoms with Crippen LogP contribution in [-0.4, -0.2) is 42.3 Å². The van der Waals surface area contributed by atoms with Gasteiger partial charge in [-0.15, -0.1) is 0 Å². The van der Waals surface area contributed by atoms with E-state index in [0.29, 0.717) is 0 Å². The SMILES string of the molecule is CC1CCN(C(=O)NCCCCCCO)CC1. The molecule has 0 bridgehead atoms. The zero-order valence-electron chi connectivity index (χ0n) is 11.0. The molecule has 0 atom stereocenters. The first-order valence-corrected chi connectivity index (χ1v) is 6.87. The van der Waals surface area contributed by atoms with Crippen molar-refractivity contribution < 1.29 is 9.90 Å². The van der Waals surface area contributed by atoms with Crippen LogP contribution in [0.4, 0.5) is 4.79 Å². The molecule has 0 aromatic carbocycles. The lowest BCUT2D eigenvalue weighted by Gasteiger charge is -2.30. The molecular weight excluding hydrogens is 216 g/mol. The Hall–Kier alpha value is -0.770. The van der Waals surface area contributed by atoms with E-state index in [1.807, 2.05) is 4.90 Å². The first-order chi connectivity index (χ1) is 8.24. The maximum absolute atomic E-state index is 11.8. The van der Waals surface area contributed by atoms with Gasteiger partial charge in [0.2, 0.25) is 0 Å². The number of rotatable bonds is 6. The standard InChI is InChI=1S/C13H26N2O2/c1-12-6-9-15(10-7-12)13(17)14-8-4-2-3-5-11-16/h12,16H,2-11H2,1H3,(H,14,17). The topological polar surface area (TPSA) is 52.6 Å². The number of aliphatic hydroxyl groups is 1. The minimum absolute atomic E-state index is 0.0964. The van der Waals surface area contributed by atoms with Crippen LogP contribution in [0.2, 0.25) is 0 Å². The zero-order valence-corrected chi connectivity index (χ0v) is 11.0. The van der Waals surface area contributed by atoms with E-state index in [4.69, 9.17) is 5.11 Å². The number of likely N-dealkylation sites (tertiary alicyclic amines) is 1. The fourth-order valence-electron chi connectivity index (χ4n) is 2.11. The van der Waals surface area contributed by atoms with Crippen molar-refractivity contribution in [1.82, 2.24) is 10.2 Å². The molecule has 1 heterocycles. The summed E-state index contributed by atoms with van der Waals surface area (Å²) in [6, 6.07) is 0.0964. The third-order valence-corrected chi connectivity index (χ3v) is 3.43. The molecule has 0 aromatic rings. The van der Waals surface area contributed by atoms with Crippen molar-refractivity contribution in [1.29, 1.82) is 0 Å². The number of hydrogen-bond acceptors (Lipinski definition) is 2. The van der Waals surface area contributed by atoms with E-state index in [-0.39, 0.29) is 12.6 Å². The minimum Gasteiger partial charge on any atom is -0.396 e. The van der Waals surface area contributed by atoms with E-state index in [0.717, 1.165) is 64.1 Å². The number of nitrogens with zero attached hydrogens (tertiary/aromatic N) is 1. The molecule has 100 valence electrons. The lowest BCUT2D eigenvalue weighted by Crippen LogP contribution is -2.44. The molecule has 0 unspecified atom stereocenters. The number of nitrogens with one attached hydrogen (secondary N) is 1. The summed E-state index contributed by atoms with van der Waals surface area (Å²) in [5.74, 6) is 0.762. The van der Waals surface area contributed by atoms with Crippen LogP contribution < -0.4 is 5.32 Å². The highest BCUT2D eigenvalue weighted by molar-refractivity contribution is 5.74. The summed E-state index contributed by atoms with van der Waals surface area (Å²) in [6.45, 7) is 5.08. The fraction of sp³-hybridized carbons (Fsp3) is 0.923. The highest BCUT2D eigenvalue weighted by Gasteiger charge is 2.19. The van der Waals surface area contributed by atoms with Crippen molar-refractivity contribution in [2.75, 3.05) is 26.2 Å². The summed E-state index contributed by atoms with van der Waals surface area (Å²) in [5.41, 5.74) is 0. The average molecular weight is 242 g/mol. The van der Waals surface area contributed by atoms with Crippen LogP contribution in [0.5, 0.6) is 0 Å². The van der Waals surface area contributed by atoms with Gasteiger partial charge in [0, 0.05) is 26.2 Å². The second kappa shape index (κ2) is 8.34. The summed E-state index contributed by atoms with van der Waals surface area (Å²) in [5, 5.41) is 11.6. The number of carbonyl (C=O) groups excluding carboxylic acids is 1. The normalized spacial score (nSPS) is 17.2. The van der Waals surface area contributed by atoms with Crippen LogP contribution in [0.3, 0.4) is 0 Å². The Morgan fingerprint density at radius 2 is 1.88 bits per heavy atom. The summed E-state index contributed by atoms with van der Waals surface area (Å²) >= 11 is 0. The molecule has 1 saturated heterocycles. The number of amides is 2. The van der Waals surface area contributed by atoms with Crippen molar-refractivity contribution in [2.24, 2.45) is 5.92 Å². The Balaban J connectivity index is 2.01. The van der Waals surface area contributed by atoms with E-state index < -0.39 is 0 Å². The molecule has 1 aliphatic heterocycles. The Morgan fingerprint density at radius 3 is 2.53 bits per heavy atom. The van der Waals surface area contributed by atoms with Gasteiger partial charge in [-0.1, -0.05) is 19.8 Å². The van der Waals surface area contributed by atoms with Crippen LogP contribution in [0, 0.1) is 5.92 Å². The third-order valence-electron chi connectivity index (χ3n) is 3.43. The molecule has 0 aliphatic carbocycles. The number of urea groups is 1. The molecular formula is C13H26N2O2. The van der Waals surface area contributed by atoms with E-state index in [2.05, 4.69) is 12.2 Å². The van der Waals surface area contributed by atoms with Crippen molar-refractivity contribution >= 4 is 6.03 Å². The van der Waals surface area contributed by atoms with Gasteiger partial charge in [0.15, 0.2) is 0 Å². The van der Waals surface area contributed by atoms with Crippen molar-refractivity contribution in [2.45, 2.75) is 45.4 Å². The minimum atomic E-state index is 0.0964. The molecule has 4 nitrogen and oxygen atoms in total. The first kappa shape index (κ1) is 14.3. The van der Waals surface area contributed by atoms with E-state index in [1.165, 1.54) is 0 Å². The molecule has 1 fully saturated rings. The summed E-state index contributed by atoms with van der Waals surface area (Å²) in [4.78, 5) is 13.7. The highest BCUT2D eigenvalue weighted by Crippen LogP contribution is 2.15. The lowest BCUT2D eigenvalue weighted by molar-refractivity contribution is 0.174. The predicted octanol–water partition coefficient (Wildman–Crippen LogP) is 1.98. The molecule has 2 N–H and O–H groups in total. The zero-order chi connectivity index (χ0) is 12.5. The molecule has 1 rings (SSSR count). The van der Waals surface area contributed by atoms with Gasteiger partial charge in [-0.05, 0) is 31.6 Å². The van der Waals surface area contributed by atoms with Gasteiger partial charge in [0.05, 0.1) is 0 Å². The molecule has 0 aromatic heterocycles. The molecule has 1 aliphatic rings. The largest absolute Gasteiger partial charge is 0.396 e. The average Bonchev–Trinajstić information content (AvgIpc) is 2.34. The molecule has 2 amide bonds. The quantitative estimate of drug-likeness (QED) is 0.700. The predicted molar refractivity (Wildman–Crippen MR) is 68.9 cm³/mol. The summed E-state index contributed by atoms with van der Waals surface area (Å²) in [6.07, 6.45) is 6.27. The van der Waals surface area contributed by atoms with Gasteiger partial charge in [-0.2, -0.15) is 0 Å². The number of piperidine rings is 1. The smallest absolute Gasteiger partial charge is 0.317 e. The van der Waals surface area contributed by atoms with Crippen LogP contribution >= 0.6 is 0 Å². The Bertz CT molecular complexity index is 213. The van der Waals surface area contributed by atoms with Crippen LogP contribution in [0.15, 0.2) is 0 Å². The Morgan fingerprint density at radius 1 is 1.24 bits per heavy atom. The van der Waals surface area contributed by atoms with E-state index in [9.17, 15) is 4.79 Å². The molecule has 4 heteroatoms. The molecule has 0 spiro atoms. The number of aliphatic hydroxyl groups excluding tert-OH is 1. The van der Waals surface area contributed by atoms with E-state index >= 15 is 0 Å². The van der Waals surface area contributed by atoms with Gasteiger partial charge in [-0.3, -0.25) is 0 Å². The Kier molecular flexibility index (Phi) is 7.01. The summed E-state index contributed by atoms with van der Waals surface area (Å²) in [7, 11) is 0. The van der Waals surface area contributed by atoms with Crippen molar-refractivity contribution in [3.63, 3.8) is 0 Å². The highest BCUT2D eigenvalue weighted by atomic mass is 16.2. The Labute approximate surface area is 104 Å². The molecule has 17 heavy (non-hydrogen) atoms. The van der Waals surface area contributed by atoms with Gasteiger partial charge in [-0.25, -0.2) is 4.79 Å². The number of carbonyl (C=O) groups is 1. The molecule has 0 radical (unpaired) electrons. The molecule has 0 saturated carbocycles. The van der Waals surface area contributed by atoms with Gasteiger partial charge >= 0.3 is 6.03 Å². The van der Waals surface area contributed by atoms with Crippen LogP contribution in [0.1, 0.15) is 45.4 Å². The second-order valence-electron chi connectivity index (χ2n) is 5.04. The monoisotopic (exact) mass is 242 g/mol. The second-order valence-corrected chi connectivity index (χ2v) is 5.04. The third kappa shape index (κ3) is 5.91. The van der Waals surface area contributed by atoms with Gasteiger partial charge < -0.3 is 15.3 Å². The number of unbranched alkanes of at least 4 members (excludes halogenated alkanes) is 3. The fourth-order valence-corrected chi connectivity index (χ4v) is 2.11. The first-order valence-electron chi connectivity index (χ1n) is 6.87. The van der Waals surface area contributed by atoms with Crippen LogP contribution in [0.25, 0.3) is 0 Å². The van der Waals surface area contributed by atoms with Crippen LogP contribution in [-0.2, 0) is 0 Å². The lowest BCUT2D eigenvalue weighted by atomic mass is 10.00. The van der Waals surface area contributed by atoms with Crippen molar-refractivity contribution in [3.8, 4) is 0 Å². The maximum atomic E-state index is 11.8. The van der Waals surface area contributed by atoms with Crippen molar-refractivity contribution in [3.05, 3.63) is 0 Å². The number of hydrogen-bond donors (Lipinski definition) is 2.